The van der Waals surface area contributed by atoms with Gasteiger partial charge < -0.3 is 0 Å². The Balaban J connectivity index is 1.85. The van der Waals surface area contributed by atoms with Gasteiger partial charge in [-0.3, -0.25) is 5.43 Å². The van der Waals surface area contributed by atoms with E-state index in [0.29, 0.717) is 6.17 Å². The van der Waals surface area contributed by atoms with E-state index in [1.165, 1.54) is 13.0 Å². The monoisotopic (exact) mass is 158 g/mol. The molecule has 1 unspecified atom stereocenters. The molecule has 0 aromatic heterocycles. The molecular weight excluding hydrogens is 146 g/mol. The summed E-state index contributed by atoms with van der Waals surface area (Å²) in [7, 11) is 0. The van der Waals surface area contributed by atoms with Gasteiger partial charge in [0.1, 0.15) is 0 Å². The van der Waals surface area contributed by atoms with Crippen molar-refractivity contribution in [2.45, 2.75) is 12.6 Å². The molecule has 0 spiro atoms. The van der Waals surface area contributed by atoms with E-state index in [2.05, 4.69) is 21.6 Å². The molecule has 1 radical (unpaired) electrons. The molecule has 0 aromatic rings. The van der Waals surface area contributed by atoms with Crippen molar-refractivity contribution in [3.05, 3.63) is 6.42 Å². The van der Waals surface area contributed by atoms with Gasteiger partial charge in [-0.25, -0.2) is 9.73 Å². The highest BCUT2D eigenvalue weighted by atomic mass is 32.2. The maximum Gasteiger partial charge on any atom is 0.0864 e. The second-order valence-corrected chi connectivity index (χ2v) is 3.42. The Labute approximate surface area is 65.6 Å². The third kappa shape index (κ3) is 1.29. The fourth-order valence-electron chi connectivity index (χ4n) is 1.30. The van der Waals surface area contributed by atoms with Crippen LogP contribution >= 0.6 is 11.9 Å². The van der Waals surface area contributed by atoms with Crippen molar-refractivity contribution >= 4 is 11.9 Å². The zero-order chi connectivity index (χ0) is 6.81. The lowest BCUT2D eigenvalue weighted by atomic mass is 10.3. The van der Waals surface area contributed by atoms with E-state index in [-0.39, 0.29) is 0 Å². The number of rotatable bonds is 1. The summed E-state index contributed by atoms with van der Waals surface area (Å²) in [4.78, 5) is 0. The van der Waals surface area contributed by atoms with Crippen molar-refractivity contribution < 1.29 is 0 Å². The standard InChI is InChI=1S/C6H12N3S/c1-3-7-9(4-1)6-2-5-10-8-6/h2,6-8H,1,3-5H2. The quantitative estimate of drug-likeness (QED) is 0.524. The van der Waals surface area contributed by atoms with E-state index < -0.39 is 0 Å². The van der Waals surface area contributed by atoms with Gasteiger partial charge in [-0.15, -0.1) is 0 Å². The molecule has 10 heavy (non-hydrogen) atoms. The first-order chi connectivity index (χ1) is 4.97. The molecule has 2 N–H and O–H groups in total. The van der Waals surface area contributed by atoms with Gasteiger partial charge in [0.15, 0.2) is 0 Å². The Morgan fingerprint density at radius 1 is 1.60 bits per heavy atom. The molecule has 2 saturated heterocycles. The van der Waals surface area contributed by atoms with Crippen molar-refractivity contribution in [2.75, 3.05) is 18.8 Å². The van der Waals surface area contributed by atoms with Gasteiger partial charge >= 0.3 is 0 Å². The highest BCUT2D eigenvalue weighted by Crippen LogP contribution is 2.15. The molecule has 0 bridgehead atoms. The number of nitrogens with one attached hydrogen (secondary N) is 2. The van der Waals surface area contributed by atoms with Crippen LogP contribution in [0.5, 0.6) is 0 Å². The predicted octanol–water partition coefficient (Wildman–Crippen LogP) is -0.0215. The van der Waals surface area contributed by atoms with Crippen LogP contribution in [-0.2, 0) is 0 Å². The van der Waals surface area contributed by atoms with Crippen LogP contribution in [0.3, 0.4) is 0 Å². The molecule has 2 rings (SSSR count). The van der Waals surface area contributed by atoms with Crippen LogP contribution in [0.25, 0.3) is 0 Å². The summed E-state index contributed by atoms with van der Waals surface area (Å²) in [5, 5.41) is 2.26. The summed E-state index contributed by atoms with van der Waals surface area (Å²) in [6.07, 6.45) is 4.03. The molecule has 2 aliphatic heterocycles. The molecule has 4 heteroatoms. The first kappa shape index (κ1) is 6.91. The number of nitrogens with zero attached hydrogens (tertiary/aromatic N) is 1. The van der Waals surface area contributed by atoms with Gasteiger partial charge in [-0.1, -0.05) is 11.9 Å². The number of hydrogen-bond donors (Lipinski definition) is 2. The van der Waals surface area contributed by atoms with Gasteiger partial charge in [0.05, 0.1) is 6.17 Å². The van der Waals surface area contributed by atoms with Gasteiger partial charge in [-0.2, -0.15) is 0 Å². The molecule has 0 aromatic carbocycles. The zero-order valence-corrected chi connectivity index (χ0v) is 6.66. The third-order valence-electron chi connectivity index (χ3n) is 1.83. The van der Waals surface area contributed by atoms with Crippen LogP contribution in [0.2, 0.25) is 0 Å². The van der Waals surface area contributed by atoms with Gasteiger partial charge in [-0.05, 0) is 6.42 Å². The van der Waals surface area contributed by atoms with E-state index in [0.717, 1.165) is 12.3 Å². The molecule has 3 nitrogen and oxygen atoms in total. The predicted molar refractivity (Wildman–Crippen MR) is 43.0 cm³/mol. The Kier molecular flexibility index (Phi) is 2.13. The van der Waals surface area contributed by atoms with Crippen LogP contribution in [0.1, 0.15) is 6.42 Å². The third-order valence-corrected chi connectivity index (χ3v) is 2.60. The number of hydrazine groups is 1. The van der Waals surface area contributed by atoms with Crippen LogP contribution < -0.4 is 10.1 Å². The minimum atomic E-state index is 0.465. The van der Waals surface area contributed by atoms with E-state index in [1.807, 2.05) is 0 Å². The topological polar surface area (TPSA) is 27.3 Å². The Hall–Kier alpha value is 0.230. The molecule has 2 heterocycles. The first-order valence-electron chi connectivity index (χ1n) is 3.67. The Morgan fingerprint density at radius 2 is 2.60 bits per heavy atom. The van der Waals surface area contributed by atoms with Crippen molar-refractivity contribution in [1.82, 2.24) is 15.2 Å². The Morgan fingerprint density at radius 3 is 3.20 bits per heavy atom. The van der Waals surface area contributed by atoms with Crippen molar-refractivity contribution in [3.8, 4) is 0 Å². The highest BCUT2D eigenvalue weighted by Gasteiger charge is 2.24. The summed E-state index contributed by atoms with van der Waals surface area (Å²) < 4.78 is 3.32. The van der Waals surface area contributed by atoms with Crippen molar-refractivity contribution in [1.29, 1.82) is 0 Å². The van der Waals surface area contributed by atoms with Crippen LogP contribution in [0, 0.1) is 6.42 Å². The summed E-state index contributed by atoms with van der Waals surface area (Å²) in [6.45, 7) is 2.31. The lowest BCUT2D eigenvalue weighted by molar-refractivity contribution is 0.194. The van der Waals surface area contributed by atoms with Gasteiger partial charge in [0.25, 0.3) is 0 Å². The largest absolute Gasteiger partial charge is 0.254 e. The average molecular weight is 158 g/mol. The molecule has 0 amide bonds. The fourth-order valence-corrected chi connectivity index (χ4v) is 2.07. The van der Waals surface area contributed by atoms with E-state index in [1.54, 1.807) is 11.9 Å². The second-order valence-electron chi connectivity index (χ2n) is 2.56. The van der Waals surface area contributed by atoms with Crippen molar-refractivity contribution in [2.24, 2.45) is 0 Å². The zero-order valence-electron chi connectivity index (χ0n) is 5.84. The maximum absolute atomic E-state index is 3.32. The summed E-state index contributed by atoms with van der Waals surface area (Å²) >= 11 is 1.78. The highest BCUT2D eigenvalue weighted by molar-refractivity contribution is 7.97. The molecule has 57 valence electrons. The normalized spacial score (nSPS) is 35.4. The Bertz CT molecular complexity index is 93.6. The van der Waals surface area contributed by atoms with Gasteiger partial charge in [0, 0.05) is 25.3 Å². The molecule has 0 saturated carbocycles. The first-order valence-corrected chi connectivity index (χ1v) is 4.66. The van der Waals surface area contributed by atoms with Gasteiger partial charge in [0.2, 0.25) is 0 Å². The maximum atomic E-state index is 3.32. The minimum Gasteiger partial charge on any atom is -0.254 e. The second kappa shape index (κ2) is 3.09. The fraction of sp³-hybridized carbons (Fsp3) is 0.833. The van der Waals surface area contributed by atoms with E-state index in [4.69, 9.17) is 0 Å². The molecule has 1 atom stereocenters. The number of hydrogen-bond acceptors (Lipinski definition) is 4. The lowest BCUT2D eigenvalue weighted by Gasteiger charge is -2.21. The minimum absolute atomic E-state index is 0.465. The summed E-state index contributed by atoms with van der Waals surface area (Å²) in [5.41, 5.74) is 3.32. The van der Waals surface area contributed by atoms with Crippen LogP contribution in [0.15, 0.2) is 0 Å². The average Bonchev–Trinajstić information content (AvgIpc) is 2.59. The van der Waals surface area contributed by atoms with E-state index >= 15 is 0 Å². The molecular formula is C6H12N3S. The van der Waals surface area contributed by atoms with E-state index in [9.17, 15) is 0 Å². The smallest absolute Gasteiger partial charge is 0.0864 e. The van der Waals surface area contributed by atoms with Crippen LogP contribution in [0.4, 0.5) is 0 Å². The lowest BCUT2D eigenvalue weighted by Crippen LogP contribution is -2.44. The molecule has 2 aliphatic rings. The molecule has 2 fully saturated rings. The van der Waals surface area contributed by atoms with Crippen molar-refractivity contribution in [3.63, 3.8) is 0 Å². The summed E-state index contributed by atoms with van der Waals surface area (Å²) in [6, 6.07) is 0. The SMILES string of the molecule is [CH]1CSNC1N1CCCN1. The summed E-state index contributed by atoms with van der Waals surface area (Å²) in [5.74, 6) is 1.13. The molecule has 0 aliphatic carbocycles. The van der Waals surface area contributed by atoms with Crippen LogP contribution in [-0.4, -0.2) is 30.0 Å².